The van der Waals surface area contributed by atoms with E-state index in [4.69, 9.17) is 15.0 Å². The molecule has 0 saturated heterocycles. The van der Waals surface area contributed by atoms with E-state index in [1.165, 1.54) is 48.6 Å². The number of fused-ring (bicyclic) bond motifs is 15. The van der Waals surface area contributed by atoms with Crippen molar-refractivity contribution in [3.05, 3.63) is 222 Å². The average molecular weight is 780 g/mol. The van der Waals surface area contributed by atoms with Gasteiger partial charge in [0, 0.05) is 48.0 Å². The Labute approximate surface area is 351 Å². The van der Waals surface area contributed by atoms with Crippen LogP contribution in [0.3, 0.4) is 0 Å². The van der Waals surface area contributed by atoms with E-state index in [0.29, 0.717) is 0 Å². The molecule has 0 amide bonds. The van der Waals surface area contributed by atoms with Crippen LogP contribution in [-0.4, -0.2) is 15.0 Å². The Morgan fingerprint density at radius 3 is 1.67 bits per heavy atom. The maximum Gasteiger partial charge on any atom is 0.0972 e. The number of pyridine rings is 3. The normalized spacial score (nSPS) is 13.4. The Hall–Kier alpha value is -7.40. The first-order valence-corrected chi connectivity index (χ1v) is 21.3. The smallest absolute Gasteiger partial charge is 0.0972 e. The molecule has 0 radical (unpaired) electrons. The number of aromatic nitrogens is 3. The van der Waals surface area contributed by atoms with E-state index in [1.807, 2.05) is 17.8 Å². The van der Waals surface area contributed by atoms with Gasteiger partial charge in [0.15, 0.2) is 0 Å². The molecule has 0 fully saturated rings. The number of nitrogens with zero attached hydrogens (tertiary/aromatic N) is 3. The molecule has 60 heavy (non-hydrogen) atoms. The second kappa shape index (κ2) is 12.8. The molecule has 3 aromatic heterocycles. The van der Waals surface area contributed by atoms with Crippen LogP contribution < -0.4 is 0 Å². The van der Waals surface area contributed by atoms with Gasteiger partial charge in [-0.3, -0.25) is 0 Å². The van der Waals surface area contributed by atoms with Crippen molar-refractivity contribution in [2.75, 3.05) is 0 Å². The first-order chi connectivity index (χ1) is 29.7. The van der Waals surface area contributed by atoms with Gasteiger partial charge in [0.2, 0.25) is 0 Å². The van der Waals surface area contributed by atoms with Crippen LogP contribution in [0.1, 0.15) is 22.3 Å². The lowest BCUT2D eigenvalue weighted by Gasteiger charge is -2.40. The molecule has 0 saturated carbocycles. The van der Waals surface area contributed by atoms with Crippen LogP contribution in [0.15, 0.2) is 210 Å². The summed E-state index contributed by atoms with van der Waals surface area (Å²) in [6.07, 6.45) is 0. The molecule has 0 bridgehead atoms. The summed E-state index contributed by atoms with van der Waals surface area (Å²) in [4.78, 5) is 18.6. The Morgan fingerprint density at radius 1 is 0.367 bits per heavy atom. The molecule has 13 rings (SSSR count). The molecule has 4 heterocycles. The van der Waals surface area contributed by atoms with Crippen molar-refractivity contribution in [3.8, 4) is 44.9 Å². The van der Waals surface area contributed by atoms with E-state index < -0.39 is 5.41 Å². The second-order valence-corrected chi connectivity index (χ2v) is 16.9. The van der Waals surface area contributed by atoms with Crippen molar-refractivity contribution in [2.45, 2.75) is 15.2 Å². The zero-order valence-corrected chi connectivity index (χ0v) is 33.1. The van der Waals surface area contributed by atoms with E-state index in [9.17, 15) is 0 Å². The standard InChI is InChI=1S/C56H33N3S/c1-3-14-34(15-4-1)48-30-28-36-26-27-37-29-31-50(59-54(37)53(36)57-48)41-21-13-24-46-55(41)60-51-33-43-42(40-20-9-12-25-49(40)58-52(43)35-16-5-2-6-17-35)32-47(51)56(46)44-22-10-7-18-38(44)39-19-8-11-23-45(39)56/h1-33H. The SMILES string of the molecule is c1ccc(-c2ccc3ccc4ccc(-c5cccc6c5Sc5cc7c(-c8ccccc8)nc8ccccc8c7cc5C65c6ccccc6-c6ccccc65)nc4c3n2)cc1. The number of hydrogen-bond donors (Lipinski definition) is 0. The minimum absolute atomic E-state index is 0.569. The predicted octanol–water partition coefficient (Wildman–Crippen LogP) is 14.3. The molecule has 0 N–H and O–H groups in total. The second-order valence-electron chi connectivity index (χ2n) is 15.8. The zero-order valence-electron chi connectivity index (χ0n) is 32.3. The summed E-state index contributed by atoms with van der Waals surface area (Å²) in [5.74, 6) is 0. The first kappa shape index (κ1) is 33.6. The fourth-order valence-electron chi connectivity index (χ4n) is 10.1. The van der Waals surface area contributed by atoms with Crippen molar-refractivity contribution < 1.29 is 0 Å². The zero-order chi connectivity index (χ0) is 39.4. The Morgan fingerprint density at radius 2 is 0.933 bits per heavy atom. The monoisotopic (exact) mass is 779 g/mol. The maximum absolute atomic E-state index is 5.53. The van der Waals surface area contributed by atoms with Gasteiger partial charge < -0.3 is 0 Å². The van der Waals surface area contributed by atoms with Crippen molar-refractivity contribution in [3.63, 3.8) is 0 Å². The lowest BCUT2D eigenvalue weighted by Crippen LogP contribution is -2.32. The Balaban J connectivity index is 1.12. The minimum Gasteiger partial charge on any atom is -0.247 e. The molecule has 1 spiro atoms. The van der Waals surface area contributed by atoms with Crippen molar-refractivity contribution >= 4 is 55.2 Å². The first-order valence-electron chi connectivity index (χ1n) is 20.4. The van der Waals surface area contributed by atoms with Crippen LogP contribution in [0.25, 0.3) is 88.4 Å². The van der Waals surface area contributed by atoms with Gasteiger partial charge in [-0.15, -0.1) is 0 Å². The molecule has 0 atom stereocenters. The average Bonchev–Trinajstić information content (AvgIpc) is 3.61. The van der Waals surface area contributed by atoms with E-state index in [1.54, 1.807) is 0 Å². The summed E-state index contributed by atoms with van der Waals surface area (Å²) in [6, 6.07) is 72.5. The van der Waals surface area contributed by atoms with Crippen LogP contribution in [0.4, 0.5) is 0 Å². The third-order valence-electron chi connectivity index (χ3n) is 12.7. The molecule has 278 valence electrons. The van der Waals surface area contributed by atoms with Gasteiger partial charge in [-0.25, -0.2) is 15.0 Å². The van der Waals surface area contributed by atoms with Crippen LogP contribution in [0, 0.1) is 0 Å². The molecule has 0 unspecified atom stereocenters. The van der Waals surface area contributed by atoms with Crippen molar-refractivity contribution in [1.29, 1.82) is 0 Å². The summed E-state index contributed by atoms with van der Waals surface area (Å²) < 4.78 is 0. The molecule has 3 nitrogen and oxygen atoms in total. The van der Waals surface area contributed by atoms with Gasteiger partial charge in [-0.05, 0) is 69.1 Å². The van der Waals surface area contributed by atoms with Crippen LogP contribution in [0.2, 0.25) is 0 Å². The van der Waals surface area contributed by atoms with Crippen LogP contribution in [-0.2, 0) is 5.41 Å². The predicted molar refractivity (Wildman–Crippen MR) is 248 cm³/mol. The fraction of sp³-hybridized carbons (Fsp3) is 0.0179. The Bertz CT molecular complexity index is 3530. The van der Waals surface area contributed by atoms with Crippen molar-refractivity contribution in [2.24, 2.45) is 0 Å². The van der Waals surface area contributed by atoms with Gasteiger partial charge in [-0.2, -0.15) is 0 Å². The van der Waals surface area contributed by atoms with Gasteiger partial charge in [-0.1, -0.05) is 182 Å². The highest BCUT2D eigenvalue weighted by molar-refractivity contribution is 7.99. The van der Waals surface area contributed by atoms with E-state index >= 15 is 0 Å². The number of para-hydroxylation sites is 1. The fourth-order valence-corrected chi connectivity index (χ4v) is 11.4. The third kappa shape index (κ3) is 4.71. The minimum atomic E-state index is -0.569. The largest absolute Gasteiger partial charge is 0.247 e. The summed E-state index contributed by atoms with van der Waals surface area (Å²) >= 11 is 1.86. The highest BCUT2D eigenvalue weighted by Crippen LogP contribution is 2.64. The molecular weight excluding hydrogens is 747 g/mol. The van der Waals surface area contributed by atoms with Gasteiger partial charge in [0.1, 0.15) is 0 Å². The summed E-state index contributed by atoms with van der Waals surface area (Å²) in [6.45, 7) is 0. The maximum atomic E-state index is 5.53. The van der Waals surface area contributed by atoms with Gasteiger partial charge in [0.25, 0.3) is 0 Å². The molecule has 1 aliphatic heterocycles. The lowest BCUT2D eigenvalue weighted by atomic mass is 9.66. The number of rotatable bonds is 3. The molecule has 2 aliphatic rings. The highest BCUT2D eigenvalue weighted by Gasteiger charge is 2.51. The highest BCUT2D eigenvalue weighted by atomic mass is 32.2. The van der Waals surface area contributed by atoms with Crippen molar-refractivity contribution in [1.82, 2.24) is 15.0 Å². The summed E-state index contributed by atoms with van der Waals surface area (Å²) in [5.41, 5.74) is 16.2. The van der Waals surface area contributed by atoms with Crippen LogP contribution >= 0.6 is 11.8 Å². The van der Waals surface area contributed by atoms with Crippen LogP contribution in [0.5, 0.6) is 0 Å². The van der Waals surface area contributed by atoms with E-state index in [-0.39, 0.29) is 0 Å². The quantitative estimate of drug-likeness (QED) is 0.167. The number of benzene rings is 8. The van der Waals surface area contributed by atoms with Gasteiger partial charge in [0.05, 0.1) is 39.0 Å². The lowest BCUT2D eigenvalue weighted by molar-refractivity contribution is 0.725. The number of hydrogen-bond acceptors (Lipinski definition) is 4. The topological polar surface area (TPSA) is 38.7 Å². The third-order valence-corrected chi connectivity index (χ3v) is 13.9. The molecule has 4 heteroatoms. The summed E-state index contributed by atoms with van der Waals surface area (Å²) in [7, 11) is 0. The van der Waals surface area contributed by atoms with E-state index in [0.717, 1.165) is 71.9 Å². The molecule has 11 aromatic rings. The molecule has 1 aliphatic carbocycles. The van der Waals surface area contributed by atoms with E-state index in [2.05, 4.69) is 194 Å². The summed E-state index contributed by atoms with van der Waals surface area (Å²) in [5, 5.41) is 5.67. The Kier molecular flexibility index (Phi) is 7.16. The van der Waals surface area contributed by atoms with Gasteiger partial charge >= 0.3 is 0 Å². The molecule has 8 aromatic carbocycles. The molecular formula is C56H33N3S.